The molecule has 3 rings (SSSR count). The number of carbonyl (C=O) groups excluding carboxylic acids is 3. The van der Waals surface area contributed by atoms with E-state index >= 15 is 0 Å². The second kappa shape index (κ2) is 10.4. The Morgan fingerprint density at radius 2 is 1.71 bits per heavy atom. The van der Waals surface area contributed by atoms with Gasteiger partial charge in [-0.25, -0.2) is 14.8 Å². The number of hydrogen-bond acceptors (Lipinski definition) is 6. The van der Waals surface area contributed by atoms with E-state index in [9.17, 15) is 23.2 Å². The van der Waals surface area contributed by atoms with Gasteiger partial charge in [-0.15, -0.1) is 0 Å². The molecule has 10 nitrogen and oxygen atoms in total. The monoisotopic (exact) mass is 434 g/mol. The van der Waals surface area contributed by atoms with E-state index in [4.69, 9.17) is 4.74 Å². The minimum absolute atomic E-state index is 0.0459. The van der Waals surface area contributed by atoms with Crippen LogP contribution >= 0.6 is 0 Å². The maximum atomic E-state index is 13.1. The van der Waals surface area contributed by atoms with Gasteiger partial charge in [0.2, 0.25) is 0 Å². The van der Waals surface area contributed by atoms with Crippen molar-refractivity contribution in [1.29, 1.82) is 0 Å². The zero-order valence-corrected chi connectivity index (χ0v) is 16.3. The maximum absolute atomic E-state index is 13.1. The average Bonchev–Trinajstić information content (AvgIpc) is 2.81. The standard InChI is InChI=1S/C19H20F2N6O4/c20-16(21)18(29)25-24-17(28)13-10-22-15(23-11-13)12-27(14-4-2-1-3-5-14)19(30)26-6-8-31-9-7-26/h1-5,10-11,16H,6-9,12H2,(H,24,28)(H,25,29). The highest BCUT2D eigenvalue weighted by Crippen LogP contribution is 2.18. The number of benzene rings is 1. The number of nitrogens with one attached hydrogen (secondary N) is 2. The number of urea groups is 1. The number of hydrogen-bond donors (Lipinski definition) is 2. The van der Waals surface area contributed by atoms with E-state index < -0.39 is 18.2 Å². The maximum Gasteiger partial charge on any atom is 0.325 e. The molecule has 2 aromatic rings. The molecule has 0 atom stereocenters. The molecule has 0 unspecified atom stereocenters. The molecule has 1 fully saturated rings. The summed E-state index contributed by atoms with van der Waals surface area (Å²) >= 11 is 0. The fourth-order valence-electron chi connectivity index (χ4n) is 2.74. The van der Waals surface area contributed by atoms with Gasteiger partial charge < -0.3 is 9.64 Å². The van der Waals surface area contributed by atoms with Gasteiger partial charge >= 0.3 is 18.4 Å². The lowest BCUT2D eigenvalue weighted by molar-refractivity contribution is -0.132. The Morgan fingerprint density at radius 1 is 1.06 bits per heavy atom. The summed E-state index contributed by atoms with van der Waals surface area (Å²) < 4.78 is 29.6. The van der Waals surface area contributed by atoms with Crippen LogP contribution in [0.3, 0.4) is 0 Å². The number of alkyl halides is 2. The van der Waals surface area contributed by atoms with Crippen LogP contribution in [0.4, 0.5) is 19.3 Å². The van der Waals surface area contributed by atoms with Crippen LogP contribution < -0.4 is 15.8 Å². The van der Waals surface area contributed by atoms with Crippen LogP contribution in [-0.4, -0.2) is 65.4 Å². The van der Waals surface area contributed by atoms with Gasteiger partial charge in [-0.1, -0.05) is 18.2 Å². The molecule has 1 aromatic heterocycles. The van der Waals surface area contributed by atoms with Crippen molar-refractivity contribution in [3.63, 3.8) is 0 Å². The molecule has 0 radical (unpaired) electrons. The lowest BCUT2D eigenvalue weighted by atomic mass is 10.2. The van der Waals surface area contributed by atoms with Crippen molar-refractivity contribution in [2.75, 3.05) is 31.2 Å². The van der Waals surface area contributed by atoms with Crippen molar-refractivity contribution >= 4 is 23.5 Å². The van der Waals surface area contributed by atoms with Crippen molar-refractivity contribution < 1.29 is 27.9 Å². The van der Waals surface area contributed by atoms with Crippen molar-refractivity contribution in [1.82, 2.24) is 25.7 Å². The molecule has 1 aliphatic heterocycles. The number of ether oxygens (including phenoxy) is 1. The highest BCUT2D eigenvalue weighted by Gasteiger charge is 2.25. The van der Waals surface area contributed by atoms with Crippen molar-refractivity contribution in [3.05, 3.63) is 54.1 Å². The van der Waals surface area contributed by atoms with Gasteiger partial charge in [-0.2, -0.15) is 8.78 Å². The lowest BCUT2D eigenvalue weighted by Gasteiger charge is -2.32. The van der Waals surface area contributed by atoms with Crippen molar-refractivity contribution in [3.8, 4) is 0 Å². The Kier molecular flexibility index (Phi) is 7.38. The topological polar surface area (TPSA) is 117 Å². The van der Waals surface area contributed by atoms with Gasteiger partial charge in [0.1, 0.15) is 5.82 Å². The quantitative estimate of drug-likeness (QED) is 0.678. The summed E-state index contributed by atoms with van der Waals surface area (Å²) in [5, 5.41) is 0. The molecule has 0 aliphatic carbocycles. The number of nitrogens with zero attached hydrogens (tertiary/aromatic N) is 4. The molecule has 0 bridgehead atoms. The molecular formula is C19H20F2N6O4. The summed E-state index contributed by atoms with van der Waals surface area (Å²) in [5.74, 6) is -2.23. The molecule has 1 aromatic carbocycles. The minimum atomic E-state index is -3.26. The molecule has 12 heteroatoms. The smallest absolute Gasteiger partial charge is 0.325 e. The second-order valence-corrected chi connectivity index (χ2v) is 6.44. The van der Waals surface area contributed by atoms with Crippen LogP contribution in [0.5, 0.6) is 0 Å². The van der Waals surface area contributed by atoms with Gasteiger partial charge in [-0.05, 0) is 12.1 Å². The Bertz CT molecular complexity index is 907. The van der Waals surface area contributed by atoms with Gasteiger partial charge in [-0.3, -0.25) is 25.3 Å². The van der Waals surface area contributed by atoms with Gasteiger partial charge in [0, 0.05) is 31.2 Å². The number of carbonyl (C=O) groups is 3. The summed E-state index contributed by atoms with van der Waals surface area (Å²) in [4.78, 5) is 47.1. The molecule has 0 saturated carbocycles. The van der Waals surface area contributed by atoms with E-state index in [1.165, 1.54) is 17.3 Å². The van der Waals surface area contributed by atoms with E-state index in [0.717, 1.165) is 0 Å². The van der Waals surface area contributed by atoms with Gasteiger partial charge in [0.15, 0.2) is 0 Å². The second-order valence-electron chi connectivity index (χ2n) is 6.44. The number of hydrazine groups is 1. The highest BCUT2D eigenvalue weighted by molar-refractivity contribution is 5.95. The predicted molar refractivity (Wildman–Crippen MR) is 104 cm³/mol. The summed E-state index contributed by atoms with van der Waals surface area (Å²) in [7, 11) is 0. The zero-order valence-electron chi connectivity index (χ0n) is 16.3. The number of halogens is 2. The van der Waals surface area contributed by atoms with E-state index in [1.54, 1.807) is 34.6 Å². The third-order valence-corrected chi connectivity index (χ3v) is 4.34. The fourth-order valence-corrected chi connectivity index (χ4v) is 2.74. The Morgan fingerprint density at radius 3 is 2.32 bits per heavy atom. The van der Waals surface area contributed by atoms with Crippen molar-refractivity contribution in [2.24, 2.45) is 0 Å². The Balaban J connectivity index is 1.70. The number of anilines is 1. The van der Waals surface area contributed by atoms with Gasteiger partial charge in [0.05, 0.1) is 25.3 Å². The van der Waals surface area contributed by atoms with E-state index in [2.05, 4.69) is 9.97 Å². The van der Waals surface area contributed by atoms with Crippen LogP contribution in [0.15, 0.2) is 42.7 Å². The van der Waals surface area contributed by atoms with Crippen LogP contribution in [-0.2, 0) is 16.1 Å². The summed E-state index contributed by atoms with van der Waals surface area (Å²) in [6.45, 7) is 1.89. The molecular weight excluding hydrogens is 414 g/mol. The first-order valence-corrected chi connectivity index (χ1v) is 9.34. The van der Waals surface area contributed by atoms with Crippen LogP contribution in [0.1, 0.15) is 16.2 Å². The average molecular weight is 434 g/mol. The molecule has 1 saturated heterocycles. The number of rotatable bonds is 5. The van der Waals surface area contributed by atoms with E-state index in [1.807, 2.05) is 11.5 Å². The van der Waals surface area contributed by atoms with E-state index in [0.29, 0.717) is 32.0 Å². The molecule has 2 N–H and O–H groups in total. The Hall–Kier alpha value is -3.67. The third-order valence-electron chi connectivity index (χ3n) is 4.34. The molecule has 4 amide bonds. The first kappa shape index (κ1) is 22.0. The van der Waals surface area contributed by atoms with Crippen LogP contribution in [0.25, 0.3) is 0 Å². The number of aromatic nitrogens is 2. The highest BCUT2D eigenvalue weighted by atomic mass is 19.3. The third kappa shape index (κ3) is 5.92. The molecule has 2 heterocycles. The van der Waals surface area contributed by atoms with Crippen LogP contribution in [0, 0.1) is 0 Å². The summed E-state index contributed by atoms with van der Waals surface area (Å²) in [6.07, 6.45) is -0.907. The summed E-state index contributed by atoms with van der Waals surface area (Å²) in [5.41, 5.74) is 4.03. The fraction of sp³-hybridized carbons (Fsp3) is 0.316. The largest absolute Gasteiger partial charge is 0.378 e. The Labute approximate surface area is 176 Å². The number of amides is 4. The minimum Gasteiger partial charge on any atom is -0.378 e. The molecule has 31 heavy (non-hydrogen) atoms. The lowest BCUT2D eigenvalue weighted by Crippen LogP contribution is -2.48. The first-order chi connectivity index (χ1) is 15.0. The SMILES string of the molecule is O=C(NNC(=O)C(F)F)c1cnc(CN(C(=O)N2CCOCC2)c2ccccc2)nc1. The number of para-hydroxylation sites is 1. The van der Waals surface area contributed by atoms with E-state index in [-0.39, 0.29) is 24.0 Å². The predicted octanol–water partition coefficient (Wildman–Crippen LogP) is 0.961. The summed E-state index contributed by atoms with van der Waals surface area (Å²) in [6, 6.07) is 8.78. The molecule has 164 valence electrons. The molecule has 0 spiro atoms. The van der Waals surface area contributed by atoms with Crippen molar-refractivity contribution in [2.45, 2.75) is 13.0 Å². The van der Waals surface area contributed by atoms with Crippen LogP contribution in [0.2, 0.25) is 0 Å². The van der Waals surface area contributed by atoms with Gasteiger partial charge in [0.25, 0.3) is 5.91 Å². The number of morpholine rings is 1. The normalized spacial score (nSPS) is 13.6. The zero-order chi connectivity index (χ0) is 22.2. The molecule has 1 aliphatic rings. The first-order valence-electron chi connectivity index (χ1n) is 9.34.